The van der Waals surface area contributed by atoms with Crippen LogP contribution in [0.5, 0.6) is 0 Å². The fourth-order valence-electron chi connectivity index (χ4n) is 2.37. The van der Waals surface area contributed by atoms with Crippen LogP contribution < -0.4 is 16.0 Å². The van der Waals surface area contributed by atoms with Gasteiger partial charge in [-0.1, -0.05) is 31.0 Å². The van der Waals surface area contributed by atoms with Crippen molar-refractivity contribution >= 4 is 23.7 Å². The third kappa shape index (κ3) is 10.7. The number of hydrogen-bond donors (Lipinski definition) is 3. The Hall–Kier alpha value is -2.02. The number of aliphatic imine (C=N–C) groups is 1. The number of nitrogens with zero attached hydrogens (tertiary/aromatic N) is 2. The Balaban J connectivity index is 2.42. The van der Waals surface area contributed by atoms with Gasteiger partial charge in [-0.15, -0.1) is 0 Å². The summed E-state index contributed by atoms with van der Waals surface area (Å²) in [6.07, 6.45) is 3.97. The molecule has 0 fully saturated rings. The van der Waals surface area contributed by atoms with Gasteiger partial charge < -0.3 is 20.7 Å². The van der Waals surface area contributed by atoms with Crippen molar-refractivity contribution in [3.63, 3.8) is 0 Å². The first-order valence-corrected chi connectivity index (χ1v) is 9.65. The molecule has 0 aromatic carbocycles. The van der Waals surface area contributed by atoms with Gasteiger partial charge in [0.1, 0.15) is 10.8 Å². The molecule has 1 amide bonds. The second kappa shape index (κ2) is 11.6. The minimum atomic E-state index is -0.512. The van der Waals surface area contributed by atoms with Crippen LogP contribution in [0, 0.1) is 0 Å². The third-order valence-electron chi connectivity index (χ3n) is 3.59. The van der Waals surface area contributed by atoms with Crippen molar-refractivity contribution in [2.24, 2.45) is 4.99 Å². The summed E-state index contributed by atoms with van der Waals surface area (Å²) in [5.74, 6) is 0.684. The van der Waals surface area contributed by atoms with Gasteiger partial charge in [-0.3, -0.25) is 4.99 Å². The topological polar surface area (TPSA) is 87.6 Å². The van der Waals surface area contributed by atoms with E-state index in [9.17, 15) is 4.79 Å². The Morgan fingerprint density at radius 1 is 1.33 bits per heavy atom. The number of nitrogens with one attached hydrogen (secondary N) is 3. The highest BCUT2D eigenvalue weighted by Crippen LogP contribution is 2.07. The Morgan fingerprint density at radius 2 is 2.07 bits per heavy atom. The van der Waals surface area contributed by atoms with Gasteiger partial charge in [0.25, 0.3) is 0 Å². The summed E-state index contributed by atoms with van der Waals surface area (Å²) in [6, 6.07) is 3.69. The zero-order chi connectivity index (χ0) is 20.3. The molecule has 7 nitrogen and oxygen atoms in total. The van der Waals surface area contributed by atoms with Crippen molar-refractivity contribution in [2.45, 2.75) is 58.6 Å². The van der Waals surface area contributed by atoms with Crippen LogP contribution >= 0.6 is 11.6 Å². The van der Waals surface area contributed by atoms with Gasteiger partial charge in [-0.05, 0) is 45.2 Å². The number of hydrogen-bond acceptors (Lipinski definition) is 4. The number of rotatable bonds is 8. The van der Waals surface area contributed by atoms with Crippen LogP contribution in [-0.2, 0) is 11.2 Å². The lowest BCUT2D eigenvalue weighted by Crippen LogP contribution is -2.48. The van der Waals surface area contributed by atoms with Crippen molar-refractivity contribution in [3.05, 3.63) is 29.0 Å². The van der Waals surface area contributed by atoms with Crippen LogP contribution in [0.25, 0.3) is 0 Å². The molecule has 8 heteroatoms. The van der Waals surface area contributed by atoms with Gasteiger partial charge in [0.15, 0.2) is 5.96 Å². The minimum Gasteiger partial charge on any atom is -0.444 e. The summed E-state index contributed by atoms with van der Waals surface area (Å²) >= 11 is 5.79. The van der Waals surface area contributed by atoms with Crippen molar-refractivity contribution in [2.75, 3.05) is 20.1 Å². The molecule has 0 radical (unpaired) electrons. The van der Waals surface area contributed by atoms with E-state index in [1.165, 1.54) is 0 Å². The van der Waals surface area contributed by atoms with Gasteiger partial charge in [0.2, 0.25) is 0 Å². The van der Waals surface area contributed by atoms with Crippen molar-refractivity contribution in [1.29, 1.82) is 0 Å². The molecule has 0 saturated carbocycles. The molecule has 0 aliphatic heterocycles. The SMILES string of the molecule is CCCC(CNC(=NC)NCCc1ccc(Cl)nc1)NC(=O)OC(C)(C)C. The summed E-state index contributed by atoms with van der Waals surface area (Å²) in [5, 5.41) is 9.91. The Kier molecular flexibility index (Phi) is 9.93. The van der Waals surface area contributed by atoms with Crippen LogP contribution in [0.15, 0.2) is 23.3 Å². The van der Waals surface area contributed by atoms with E-state index in [1.807, 2.05) is 26.8 Å². The molecular weight excluding hydrogens is 366 g/mol. The number of carbonyl (C=O) groups is 1. The smallest absolute Gasteiger partial charge is 0.407 e. The van der Waals surface area contributed by atoms with Crippen molar-refractivity contribution < 1.29 is 9.53 Å². The molecule has 152 valence electrons. The first-order valence-electron chi connectivity index (χ1n) is 9.28. The molecule has 0 aliphatic carbocycles. The average Bonchev–Trinajstić information content (AvgIpc) is 2.57. The highest BCUT2D eigenvalue weighted by molar-refractivity contribution is 6.29. The Bertz CT molecular complexity index is 599. The molecular formula is C19H32ClN5O2. The second-order valence-electron chi connectivity index (χ2n) is 7.25. The molecule has 1 unspecified atom stereocenters. The maximum absolute atomic E-state index is 12.0. The van der Waals surface area contributed by atoms with E-state index in [4.69, 9.17) is 16.3 Å². The Morgan fingerprint density at radius 3 is 2.63 bits per heavy atom. The molecule has 1 heterocycles. The lowest BCUT2D eigenvalue weighted by Gasteiger charge is -2.24. The molecule has 0 aliphatic rings. The zero-order valence-electron chi connectivity index (χ0n) is 16.9. The van der Waals surface area contributed by atoms with E-state index in [0.717, 1.165) is 24.8 Å². The normalized spacial score (nSPS) is 13.0. The summed E-state index contributed by atoms with van der Waals surface area (Å²) in [7, 11) is 1.72. The predicted molar refractivity (Wildman–Crippen MR) is 110 cm³/mol. The standard InChI is InChI=1S/C19H32ClN5O2/c1-6-7-15(25-18(26)27-19(2,3)4)13-24-17(21-5)22-11-10-14-8-9-16(20)23-12-14/h8-9,12,15H,6-7,10-11,13H2,1-5H3,(H,25,26)(H2,21,22,24). The fraction of sp³-hybridized carbons (Fsp3) is 0.632. The van der Waals surface area contributed by atoms with Gasteiger partial charge in [-0.25, -0.2) is 9.78 Å². The van der Waals surface area contributed by atoms with Crippen LogP contribution in [0.2, 0.25) is 5.15 Å². The van der Waals surface area contributed by atoms with E-state index in [-0.39, 0.29) is 6.04 Å². The molecule has 0 bridgehead atoms. The molecule has 3 N–H and O–H groups in total. The van der Waals surface area contributed by atoms with E-state index < -0.39 is 11.7 Å². The second-order valence-corrected chi connectivity index (χ2v) is 7.64. The third-order valence-corrected chi connectivity index (χ3v) is 3.82. The highest BCUT2D eigenvalue weighted by Gasteiger charge is 2.19. The summed E-state index contributed by atoms with van der Waals surface area (Å²) in [4.78, 5) is 20.3. The van der Waals surface area contributed by atoms with Crippen LogP contribution in [-0.4, -0.2) is 48.8 Å². The minimum absolute atomic E-state index is 0.0381. The van der Waals surface area contributed by atoms with E-state index in [0.29, 0.717) is 24.2 Å². The molecule has 1 rings (SSSR count). The number of ether oxygens (including phenoxy) is 1. The number of amides is 1. The Labute approximate surface area is 167 Å². The van der Waals surface area contributed by atoms with Crippen LogP contribution in [0.4, 0.5) is 4.79 Å². The fourth-order valence-corrected chi connectivity index (χ4v) is 2.48. The lowest BCUT2D eigenvalue weighted by atomic mass is 10.1. The molecule has 1 aromatic rings. The summed E-state index contributed by atoms with van der Waals surface area (Å²) < 4.78 is 5.33. The maximum atomic E-state index is 12.0. The van der Waals surface area contributed by atoms with Crippen molar-refractivity contribution in [1.82, 2.24) is 20.9 Å². The quantitative estimate of drug-likeness (QED) is 0.356. The monoisotopic (exact) mass is 397 g/mol. The number of halogens is 1. The van der Waals surface area contributed by atoms with Crippen LogP contribution in [0.1, 0.15) is 46.1 Å². The molecule has 0 saturated heterocycles. The largest absolute Gasteiger partial charge is 0.444 e. The first kappa shape index (κ1) is 23.0. The van der Waals surface area contributed by atoms with Gasteiger partial charge in [0.05, 0.1) is 0 Å². The molecule has 1 aromatic heterocycles. The molecule has 27 heavy (non-hydrogen) atoms. The summed E-state index contributed by atoms with van der Waals surface area (Å²) in [6.45, 7) is 8.90. The number of pyridine rings is 1. The van der Waals surface area contributed by atoms with E-state index >= 15 is 0 Å². The van der Waals surface area contributed by atoms with Crippen molar-refractivity contribution in [3.8, 4) is 0 Å². The van der Waals surface area contributed by atoms with E-state index in [1.54, 1.807) is 19.3 Å². The number of aromatic nitrogens is 1. The average molecular weight is 398 g/mol. The lowest BCUT2D eigenvalue weighted by molar-refractivity contribution is 0.0502. The molecule has 1 atom stereocenters. The van der Waals surface area contributed by atoms with Gasteiger partial charge in [-0.2, -0.15) is 0 Å². The predicted octanol–water partition coefficient (Wildman–Crippen LogP) is 3.14. The van der Waals surface area contributed by atoms with Gasteiger partial charge >= 0.3 is 6.09 Å². The molecule has 0 spiro atoms. The zero-order valence-corrected chi connectivity index (χ0v) is 17.7. The van der Waals surface area contributed by atoms with E-state index in [2.05, 4.69) is 32.9 Å². The highest BCUT2D eigenvalue weighted by atomic mass is 35.5. The first-order chi connectivity index (χ1) is 12.7. The maximum Gasteiger partial charge on any atom is 0.407 e. The summed E-state index contributed by atoms with van der Waals surface area (Å²) in [5.41, 5.74) is 0.584. The number of guanidine groups is 1. The van der Waals surface area contributed by atoms with Gasteiger partial charge in [0, 0.05) is 32.4 Å². The van der Waals surface area contributed by atoms with Crippen LogP contribution in [0.3, 0.4) is 0 Å². The number of carbonyl (C=O) groups excluding carboxylic acids is 1. The number of alkyl carbamates (subject to hydrolysis) is 1.